The zero-order chi connectivity index (χ0) is 15.8. The molecule has 23 heavy (non-hydrogen) atoms. The Balaban J connectivity index is 1.83. The van der Waals surface area contributed by atoms with Gasteiger partial charge in [-0.15, -0.1) is 0 Å². The number of methoxy groups -OCH3 is 2. The smallest absolute Gasteiger partial charge is 0.162 e. The molecule has 1 aliphatic carbocycles. The summed E-state index contributed by atoms with van der Waals surface area (Å²) in [6, 6.07) is 3.83. The van der Waals surface area contributed by atoms with Crippen molar-refractivity contribution < 1.29 is 9.47 Å². The Morgan fingerprint density at radius 2 is 1.91 bits per heavy atom. The maximum atomic E-state index is 5.43. The molecule has 2 aliphatic rings. The monoisotopic (exact) mass is 307 g/mol. The summed E-state index contributed by atoms with van der Waals surface area (Å²) in [5, 5.41) is 9.38. The molecule has 2 heterocycles. The number of hydrogen-bond acceptors (Lipinski definition) is 5. The second kappa shape index (κ2) is 5.43. The van der Waals surface area contributed by atoms with E-state index in [9.17, 15) is 0 Å². The van der Waals surface area contributed by atoms with Crippen LogP contribution in [-0.4, -0.2) is 31.0 Å². The van der Waals surface area contributed by atoms with Gasteiger partial charge < -0.3 is 14.4 Å². The lowest BCUT2D eigenvalue weighted by Gasteiger charge is -2.18. The van der Waals surface area contributed by atoms with Gasteiger partial charge in [0, 0.05) is 24.2 Å². The third-order valence-corrected chi connectivity index (χ3v) is 4.27. The second-order valence-corrected chi connectivity index (χ2v) is 5.56. The molecule has 1 aromatic carbocycles. The van der Waals surface area contributed by atoms with E-state index >= 15 is 0 Å². The van der Waals surface area contributed by atoms with Gasteiger partial charge in [-0.05, 0) is 23.6 Å². The summed E-state index contributed by atoms with van der Waals surface area (Å²) in [6.45, 7) is 0.856. The predicted octanol–water partition coefficient (Wildman–Crippen LogP) is 3.24. The molecule has 0 saturated carbocycles. The Labute approximate surface area is 134 Å². The van der Waals surface area contributed by atoms with E-state index in [0.29, 0.717) is 11.5 Å². The minimum Gasteiger partial charge on any atom is -0.493 e. The fraction of sp³-hybridized carbons (Fsp3) is 0.222. The minimum absolute atomic E-state index is 0.659. The van der Waals surface area contributed by atoms with Crippen LogP contribution in [0.1, 0.15) is 6.42 Å². The van der Waals surface area contributed by atoms with Gasteiger partial charge in [-0.25, -0.2) is 0 Å². The molecule has 0 spiro atoms. The second-order valence-electron chi connectivity index (χ2n) is 5.56. The summed E-state index contributed by atoms with van der Waals surface area (Å²) in [5.41, 5.74) is 4.54. The number of ether oxygens (including phenoxy) is 2. The van der Waals surface area contributed by atoms with Crippen LogP contribution in [0.25, 0.3) is 10.9 Å². The summed E-state index contributed by atoms with van der Waals surface area (Å²) >= 11 is 0. The lowest BCUT2D eigenvalue weighted by Crippen LogP contribution is -2.14. The van der Waals surface area contributed by atoms with Gasteiger partial charge in [-0.1, -0.05) is 18.2 Å². The molecular formula is C18H17N3O2. The van der Waals surface area contributed by atoms with E-state index in [0.717, 1.165) is 29.6 Å². The van der Waals surface area contributed by atoms with Gasteiger partial charge >= 0.3 is 0 Å². The Bertz CT molecular complexity index is 868. The van der Waals surface area contributed by atoms with E-state index in [-0.39, 0.29) is 0 Å². The van der Waals surface area contributed by atoms with Crippen LogP contribution in [-0.2, 0) is 0 Å². The summed E-state index contributed by atoms with van der Waals surface area (Å²) in [4.78, 5) is 2.22. The van der Waals surface area contributed by atoms with Gasteiger partial charge in [-0.3, -0.25) is 0 Å². The summed E-state index contributed by atoms with van der Waals surface area (Å²) in [6.07, 6.45) is 11.5. The van der Waals surface area contributed by atoms with E-state index < -0.39 is 0 Å². The molecule has 5 heteroatoms. The number of allylic oxidation sites excluding steroid dienone is 3. The lowest BCUT2D eigenvalue weighted by molar-refractivity contribution is 0.355. The normalized spacial score (nSPS) is 16.2. The number of hydrogen-bond donors (Lipinski definition) is 0. The molecule has 0 bridgehead atoms. The van der Waals surface area contributed by atoms with Crippen LogP contribution in [0.3, 0.4) is 0 Å². The Morgan fingerprint density at radius 3 is 2.70 bits per heavy atom. The zero-order valence-electron chi connectivity index (χ0n) is 13.1. The fourth-order valence-electron chi connectivity index (χ4n) is 3.08. The first-order chi connectivity index (χ1) is 11.3. The molecule has 0 fully saturated rings. The maximum absolute atomic E-state index is 5.43. The number of aromatic nitrogens is 2. The minimum atomic E-state index is 0.659. The van der Waals surface area contributed by atoms with Gasteiger partial charge in [0.25, 0.3) is 0 Å². The number of anilines is 1. The quantitative estimate of drug-likeness (QED) is 0.871. The van der Waals surface area contributed by atoms with Crippen molar-refractivity contribution in [2.24, 2.45) is 0 Å². The van der Waals surface area contributed by atoms with Gasteiger partial charge in [0.1, 0.15) is 0 Å². The van der Waals surface area contributed by atoms with Crippen molar-refractivity contribution in [3.8, 4) is 11.5 Å². The number of benzene rings is 1. The molecule has 4 rings (SSSR count). The summed E-state index contributed by atoms with van der Waals surface area (Å²) in [5.74, 6) is 1.35. The van der Waals surface area contributed by atoms with Crippen molar-refractivity contribution in [1.29, 1.82) is 0 Å². The zero-order valence-corrected chi connectivity index (χ0v) is 13.1. The van der Waals surface area contributed by atoms with E-state index in [1.54, 1.807) is 20.4 Å². The van der Waals surface area contributed by atoms with Gasteiger partial charge in [0.15, 0.2) is 11.5 Å². The van der Waals surface area contributed by atoms with Crippen molar-refractivity contribution in [3.05, 3.63) is 53.9 Å². The molecule has 0 saturated heterocycles. The van der Waals surface area contributed by atoms with E-state index in [1.165, 1.54) is 11.1 Å². The fourth-order valence-corrected chi connectivity index (χ4v) is 3.08. The van der Waals surface area contributed by atoms with E-state index in [1.807, 2.05) is 12.1 Å². The third-order valence-electron chi connectivity index (χ3n) is 4.27. The molecule has 0 unspecified atom stereocenters. The highest BCUT2D eigenvalue weighted by Gasteiger charge is 2.22. The largest absolute Gasteiger partial charge is 0.493 e. The van der Waals surface area contributed by atoms with Gasteiger partial charge in [-0.2, -0.15) is 10.2 Å². The SMILES string of the molecule is COc1cc2nncc(N3C=C4CC=CC=C4C3)c2cc1OC. The van der Waals surface area contributed by atoms with Crippen LogP contribution in [0, 0.1) is 0 Å². The molecule has 0 N–H and O–H groups in total. The Morgan fingerprint density at radius 1 is 1.09 bits per heavy atom. The molecular weight excluding hydrogens is 290 g/mol. The van der Waals surface area contributed by atoms with Gasteiger partial charge in [0.2, 0.25) is 0 Å². The van der Waals surface area contributed by atoms with Crippen LogP contribution in [0.15, 0.2) is 53.9 Å². The average Bonchev–Trinajstić information content (AvgIpc) is 3.03. The van der Waals surface area contributed by atoms with Crippen molar-refractivity contribution >= 4 is 16.6 Å². The summed E-state index contributed by atoms with van der Waals surface area (Å²) in [7, 11) is 3.26. The van der Waals surface area contributed by atoms with Crippen LogP contribution in [0.2, 0.25) is 0 Å². The number of nitrogens with zero attached hydrogens (tertiary/aromatic N) is 3. The number of fused-ring (bicyclic) bond motifs is 2. The molecule has 1 aromatic heterocycles. The highest BCUT2D eigenvalue weighted by molar-refractivity contribution is 5.94. The van der Waals surface area contributed by atoms with Crippen LogP contribution >= 0.6 is 0 Å². The van der Waals surface area contributed by atoms with Crippen molar-refractivity contribution in [2.75, 3.05) is 25.7 Å². The molecule has 5 nitrogen and oxygen atoms in total. The average molecular weight is 307 g/mol. The molecule has 1 aliphatic heterocycles. The summed E-state index contributed by atoms with van der Waals surface area (Å²) < 4.78 is 10.8. The standard InChI is InChI=1S/C18H17N3O2/c1-22-17-7-14-15(8-18(17)23-2)20-19-9-16(14)21-10-12-5-3-4-6-13(12)11-21/h3-5,7-9,11H,6,10H2,1-2H3. The predicted molar refractivity (Wildman–Crippen MR) is 89.9 cm³/mol. The number of rotatable bonds is 3. The Hall–Kier alpha value is -2.82. The van der Waals surface area contributed by atoms with E-state index in [2.05, 4.69) is 39.5 Å². The molecule has 116 valence electrons. The Kier molecular flexibility index (Phi) is 3.26. The maximum Gasteiger partial charge on any atom is 0.162 e. The van der Waals surface area contributed by atoms with Crippen LogP contribution in [0.4, 0.5) is 5.69 Å². The molecule has 0 amide bonds. The van der Waals surface area contributed by atoms with Crippen molar-refractivity contribution in [2.45, 2.75) is 6.42 Å². The molecule has 0 radical (unpaired) electrons. The third kappa shape index (κ3) is 2.25. The van der Waals surface area contributed by atoms with E-state index in [4.69, 9.17) is 9.47 Å². The highest BCUT2D eigenvalue weighted by atomic mass is 16.5. The van der Waals surface area contributed by atoms with Crippen LogP contribution < -0.4 is 14.4 Å². The topological polar surface area (TPSA) is 47.5 Å². The first-order valence-electron chi connectivity index (χ1n) is 7.51. The van der Waals surface area contributed by atoms with Crippen LogP contribution in [0.5, 0.6) is 11.5 Å². The molecule has 2 aromatic rings. The van der Waals surface area contributed by atoms with Crippen molar-refractivity contribution in [1.82, 2.24) is 10.2 Å². The van der Waals surface area contributed by atoms with Crippen molar-refractivity contribution in [3.63, 3.8) is 0 Å². The first kappa shape index (κ1) is 13.8. The molecule has 0 atom stereocenters. The lowest BCUT2D eigenvalue weighted by atomic mass is 10.0. The highest BCUT2D eigenvalue weighted by Crippen LogP contribution is 2.38. The van der Waals surface area contributed by atoms with Gasteiger partial charge in [0.05, 0.1) is 31.6 Å². The first-order valence-corrected chi connectivity index (χ1v) is 7.51.